The topological polar surface area (TPSA) is 119 Å². The number of rotatable bonds is 2. The molecule has 1 aromatic heterocycles. The van der Waals surface area contributed by atoms with Crippen molar-refractivity contribution in [3.8, 4) is 0 Å². The second-order valence-corrected chi connectivity index (χ2v) is 3.30. The zero-order valence-corrected chi connectivity index (χ0v) is 8.81. The predicted molar refractivity (Wildman–Crippen MR) is 64.4 cm³/mol. The highest BCUT2D eigenvalue weighted by Gasteiger charge is 2.07. The van der Waals surface area contributed by atoms with Crippen LogP contribution in [-0.2, 0) is 0 Å². The molecule has 1 heterocycles. The third-order valence-electron chi connectivity index (χ3n) is 2.00. The molecule has 0 unspecified atom stereocenters. The van der Waals surface area contributed by atoms with Crippen molar-refractivity contribution in [2.75, 3.05) is 22.1 Å². The van der Waals surface area contributed by atoms with Gasteiger partial charge in [0.1, 0.15) is 0 Å². The van der Waals surface area contributed by atoms with Gasteiger partial charge in [-0.1, -0.05) is 5.16 Å². The highest BCUT2D eigenvalue weighted by atomic mass is 16.5. The summed E-state index contributed by atoms with van der Waals surface area (Å²) in [4.78, 5) is 11.5. The van der Waals surface area contributed by atoms with Gasteiger partial charge in [0.15, 0.2) is 0 Å². The maximum atomic E-state index is 11.5. The Bertz CT molecular complexity index is 523. The number of hydrogen-bond acceptors (Lipinski definition) is 5. The quantitative estimate of drug-likeness (QED) is 0.586. The molecular formula is C10H11N5O2. The van der Waals surface area contributed by atoms with Crippen molar-refractivity contribution in [2.45, 2.75) is 0 Å². The van der Waals surface area contributed by atoms with Crippen LogP contribution in [0.4, 0.5) is 27.7 Å². The van der Waals surface area contributed by atoms with E-state index < -0.39 is 6.03 Å². The first-order valence-electron chi connectivity index (χ1n) is 4.79. The van der Waals surface area contributed by atoms with Crippen LogP contribution >= 0.6 is 0 Å². The number of nitrogens with two attached hydrogens (primary N) is 2. The number of carbonyl (C=O) groups is 1. The number of nitrogen functional groups attached to an aromatic ring is 2. The number of aromatic nitrogens is 1. The molecule has 0 aliphatic carbocycles. The van der Waals surface area contributed by atoms with Gasteiger partial charge in [0, 0.05) is 11.8 Å². The van der Waals surface area contributed by atoms with Crippen molar-refractivity contribution in [3.63, 3.8) is 0 Å². The third-order valence-corrected chi connectivity index (χ3v) is 2.00. The van der Waals surface area contributed by atoms with Gasteiger partial charge in [0.25, 0.3) is 0 Å². The first-order valence-corrected chi connectivity index (χ1v) is 4.79. The normalized spacial score (nSPS) is 9.88. The Labute approximate surface area is 96.8 Å². The number of carbonyl (C=O) groups excluding carboxylic acids is 1. The molecule has 0 saturated carbocycles. The molecule has 1 aromatic carbocycles. The van der Waals surface area contributed by atoms with E-state index in [2.05, 4.69) is 15.8 Å². The summed E-state index contributed by atoms with van der Waals surface area (Å²) in [7, 11) is 0. The Hall–Kier alpha value is -2.70. The van der Waals surface area contributed by atoms with E-state index in [1.807, 2.05) is 0 Å². The zero-order valence-electron chi connectivity index (χ0n) is 8.81. The number of hydrogen-bond donors (Lipinski definition) is 4. The van der Waals surface area contributed by atoms with Crippen LogP contribution in [-0.4, -0.2) is 11.2 Å². The molecule has 2 aromatic rings. The van der Waals surface area contributed by atoms with Crippen molar-refractivity contribution < 1.29 is 9.32 Å². The standard InChI is InChI=1S/C10H11N5O2/c11-6-1-2-8(7(12)5-6)14-10(16)15-9-3-4-13-17-9/h1-5H,11-12H2,(H2,14,15,16). The summed E-state index contributed by atoms with van der Waals surface area (Å²) < 4.78 is 4.72. The second-order valence-electron chi connectivity index (χ2n) is 3.30. The third kappa shape index (κ3) is 2.65. The van der Waals surface area contributed by atoms with Crippen LogP contribution in [0.15, 0.2) is 35.0 Å². The van der Waals surface area contributed by atoms with Crippen LogP contribution in [0.3, 0.4) is 0 Å². The molecule has 6 N–H and O–H groups in total. The van der Waals surface area contributed by atoms with E-state index in [0.717, 1.165) is 0 Å². The molecular weight excluding hydrogens is 222 g/mol. The minimum atomic E-state index is -0.474. The van der Waals surface area contributed by atoms with Crippen molar-refractivity contribution in [3.05, 3.63) is 30.5 Å². The zero-order chi connectivity index (χ0) is 12.3. The predicted octanol–water partition coefficient (Wildman–Crippen LogP) is 1.48. The molecule has 17 heavy (non-hydrogen) atoms. The van der Waals surface area contributed by atoms with Gasteiger partial charge in [-0.05, 0) is 18.2 Å². The molecule has 0 saturated heterocycles. The van der Waals surface area contributed by atoms with Gasteiger partial charge in [-0.15, -0.1) is 0 Å². The van der Waals surface area contributed by atoms with E-state index in [4.69, 9.17) is 16.0 Å². The van der Waals surface area contributed by atoms with Crippen molar-refractivity contribution >= 4 is 29.0 Å². The molecule has 7 nitrogen and oxygen atoms in total. The Kier molecular flexibility index (Phi) is 2.82. The molecule has 0 atom stereocenters. The molecule has 88 valence electrons. The number of urea groups is 1. The fourth-order valence-corrected chi connectivity index (χ4v) is 1.24. The lowest BCUT2D eigenvalue weighted by atomic mass is 10.2. The summed E-state index contributed by atoms with van der Waals surface area (Å²) in [6.07, 6.45) is 1.42. The molecule has 0 spiro atoms. The summed E-state index contributed by atoms with van der Waals surface area (Å²) in [5, 5.41) is 8.46. The lowest BCUT2D eigenvalue weighted by Gasteiger charge is -2.08. The highest BCUT2D eigenvalue weighted by Crippen LogP contribution is 2.21. The van der Waals surface area contributed by atoms with Crippen LogP contribution < -0.4 is 22.1 Å². The molecule has 0 fully saturated rings. The largest absolute Gasteiger partial charge is 0.399 e. The summed E-state index contributed by atoms with van der Waals surface area (Å²) >= 11 is 0. The fraction of sp³-hybridized carbons (Fsp3) is 0. The first-order chi connectivity index (χ1) is 8.15. The maximum absolute atomic E-state index is 11.5. The summed E-state index contributed by atoms with van der Waals surface area (Å²) in [6, 6.07) is 5.86. The Balaban J connectivity index is 2.03. The van der Waals surface area contributed by atoms with Crippen LogP contribution in [0, 0.1) is 0 Å². The van der Waals surface area contributed by atoms with Gasteiger partial charge >= 0.3 is 6.03 Å². The van der Waals surface area contributed by atoms with E-state index in [1.54, 1.807) is 18.2 Å². The average Bonchev–Trinajstić information content (AvgIpc) is 2.75. The van der Waals surface area contributed by atoms with Gasteiger partial charge in [-0.25, -0.2) is 4.79 Å². The molecule has 2 rings (SSSR count). The van der Waals surface area contributed by atoms with Crippen LogP contribution in [0.2, 0.25) is 0 Å². The number of nitrogens with zero attached hydrogens (tertiary/aromatic N) is 1. The van der Waals surface area contributed by atoms with Gasteiger partial charge in [-0.3, -0.25) is 5.32 Å². The van der Waals surface area contributed by atoms with Crippen LogP contribution in [0.25, 0.3) is 0 Å². The minimum absolute atomic E-state index is 0.247. The minimum Gasteiger partial charge on any atom is -0.399 e. The molecule has 7 heteroatoms. The van der Waals surface area contributed by atoms with E-state index in [1.165, 1.54) is 12.3 Å². The summed E-state index contributed by atoms with van der Waals surface area (Å²) in [5.74, 6) is 0.247. The molecule has 0 radical (unpaired) electrons. The first kappa shape index (κ1) is 10.8. The summed E-state index contributed by atoms with van der Waals surface area (Å²) in [6.45, 7) is 0. The lowest BCUT2D eigenvalue weighted by Crippen LogP contribution is -2.19. The fourth-order valence-electron chi connectivity index (χ4n) is 1.24. The van der Waals surface area contributed by atoms with E-state index in [0.29, 0.717) is 17.1 Å². The monoisotopic (exact) mass is 233 g/mol. The van der Waals surface area contributed by atoms with Gasteiger partial charge in [0.2, 0.25) is 5.88 Å². The van der Waals surface area contributed by atoms with Gasteiger partial charge in [0.05, 0.1) is 17.6 Å². The number of amides is 2. The van der Waals surface area contributed by atoms with E-state index >= 15 is 0 Å². The Morgan fingerprint density at radius 3 is 2.71 bits per heavy atom. The van der Waals surface area contributed by atoms with Crippen LogP contribution in [0.1, 0.15) is 0 Å². The smallest absolute Gasteiger partial charge is 0.326 e. The van der Waals surface area contributed by atoms with Crippen molar-refractivity contribution in [2.24, 2.45) is 0 Å². The maximum Gasteiger partial charge on any atom is 0.326 e. The van der Waals surface area contributed by atoms with E-state index in [9.17, 15) is 4.79 Å². The molecule has 0 aliphatic heterocycles. The average molecular weight is 233 g/mol. The lowest BCUT2D eigenvalue weighted by molar-refractivity contribution is 0.261. The van der Waals surface area contributed by atoms with Crippen molar-refractivity contribution in [1.29, 1.82) is 0 Å². The molecule has 2 amide bonds. The molecule has 0 bridgehead atoms. The van der Waals surface area contributed by atoms with Crippen molar-refractivity contribution in [1.82, 2.24) is 5.16 Å². The van der Waals surface area contributed by atoms with E-state index in [-0.39, 0.29) is 5.88 Å². The molecule has 0 aliphatic rings. The Morgan fingerprint density at radius 2 is 2.06 bits per heavy atom. The van der Waals surface area contributed by atoms with Crippen LogP contribution in [0.5, 0.6) is 0 Å². The number of benzene rings is 1. The second kappa shape index (κ2) is 4.44. The highest BCUT2D eigenvalue weighted by molar-refractivity contribution is 6.01. The van der Waals surface area contributed by atoms with Gasteiger partial charge < -0.3 is 21.3 Å². The van der Waals surface area contributed by atoms with Gasteiger partial charge in [-0.2, -0.15) is 0 Å². The summed E-state index contributed by atoms with van der Waals surface area (Å²) in [5.41, 5.74) is 12.6. The SMILES string of the molecule is Nc1ccc(NC(=O)Nc2ccno2)c(N)c1. The number of anilines is 4. The Morgan fingerprint density at radius 1 is 1.24 bits per heavy atom. The number of nitrogens with one attached hydrogen (secondary N) is 2.